The fourth-order valence-corrected chi connectivity index (χ4v) is 2.29. The van der Waals surface area contributed by atoms with Crippen LogP contribution < -0.4 is 4.74 Å². The van der Waals surface area contributed by atoms with Gasteiger partial charge in [-0.05, 0) is 34.7 Å². The third kappa shape index (κ3) is 2.02. The SMILES string of the molecule is COc1c(I)cc(Cl)cc1CO. The van der Waals surface area contributed by atoms with E-state index >= 15 is 0 Å². The molecule has 0 aliphatic carbocycles. The predicted octanol–water partition coefficient (Wildman–Crippen LogP) is 2.45. The molecule has 0 fully saturated rings. The van der Waals surface area contributed by atoms with Crippen LogP contribution in [0, 0.1) is 3.57 Å². The lowest BCUT2D eigenvalue weighted by Crippen LogP contribution is -1.94. The van der Waals surface area contributed by atoms with Gasteiger partial charge in [-0.2, -0.15) is 0 Å². The number of aliphatic hydroxyl groups excluding tert-OH is 1. The number of benzene rings is 1. The van der Waals surface area contributed by atoms with E-state index < -0.39 is 0 Å². The number of rotatable bonds is 2. The second-order valence-electron chi connectivity index (χ2n) is 2.24. The van der Waals surface area contributed by atoms with E-state index in [1.165, 1.54) is 0 Å². The summed E-state index contributed by atoms with van der Waals surface area (Å²) in [5.41, 5.74) is 0.717. The maximum Gasteiger partial charge on any atom is 0.137 e. The first kappa shape index (κ1) is 10.1. The van der Waals surface area contributed by atoms with Gasteiger partial charge in [-0.15, -0.1) is 0 Å². The summed E-state index contributed by atoms with van der Waals surface area (Å²) in [6.45, 7) is -0.0558. The maximum absolute atomic E-state index is 8.96. The minimum atomic E-state index is -0.0558. The van der Waals surface area contributed by atoms with Gasteiger partial charge in [0, 0.05) is 10.6 Å². The van der Waals surface area contributed by atoms with E-state index in [0.29, 0.717) is 10.8 Å². The number of hydrogen-bond donors (Lipinski definition) is 1. The highest BCUT2D eigenvalue weighted by atomic mass is 127. The van der Waals surface area contributed by atoms with Crippen LogP contribution in [-0.4, -0.2) is 12.2 Å². The van der Waals surface area contributed by atoms with Gasteiger partial charge in [0.1, 0.15) is 5.75 Å². The molecule has 0 aliphatic rings. The van der Waals surface area contributed by atoms with Crippen LogP contribution in [0.2, 0.25) is 5.02 Å². The maximum atomic E-state index is 8.96. The van der Waals surface area contributed by atoms with Crippen molar-refractivity contribution in [3.63, 3.8) is 0 Å². The Morgan fingerprint density at radius 1 is 1.58 bits per heavy atom. The van der Waals surface area contributed by atoms with Gasteiger partial charge in [-0.25, -0.2) is 0 Å². The monoisotopic (exact) mass is 298 g/mol. The molecular weight excluding hydrogens is 290 g/mol. The summed E-state index contributed by atoms with van der Waals surface area (Å²) in [7, 11) is 1.57. The van der Waals surface area contributed by atoms with Crippen LogP contribution in [0.15, 0.2) is 12.1 Å². The molecule has 0 unspecified atom stereocenters. The predicted molar refractivity (Wildman–Crippen MR) is 56.6 cm³/mol. The van der Waals surface area contributed by atoms with Gasteiger partial charge in [0.2, 0.25) is 0 Å². The van der Waals surface area contributed by atoms with E-state index in [1.54, 1.807) is 19.2 Å². The lowest BCUT2D eigenvalue weighted by Gasteiger charge is -2.08. The molecule has 0 heterocycles. The van der Waals surface area contributed by atoms with Crippen molar-refractivity contribution in [3.05, 3.63) is 26.3 Å². The number of methoxy groups -OCH3 is 1. The lowest BCUT2D eigenvalue weighted by molar-refractivity contribution is 0.273. The summed E-state index contributed by atoms with van der Waals surface area (Å²) in [6, 6.07) is 3.49. The molecule has 0 aromatic heterocycles. The minimum Gasteiger partial charge on any atom is -0.495 e. The molecule has 1 aromatic carbocycles. The Morgan fingerprint density at radius 2 is 2.25 bits per heavy atom. The summed E-state index contributed by atoms with van der Waals surface area (Å²) in [5.74, 6) is 0.697. The molecular formula is C8H8ClIO2. The van der Waals surface area contributed by atoms with E-state index in [0.717, 1.165) is 9.13 Å². The van der Waals surface area contributed by atoms with Crippen molar-refractivity contribution < 1.29 is 9.84 Å². The summed E-state index contributed by atoms with van der Waals surface area (Å²) in [5, 5.41) is 9.57. The summed E-state index contributed by atoms with van der Waals surface area (Å²) in [6.07, 6.45) is 0. The van der Waals surface area contributed by atoms with E-state index in [9.17, 15) is 0 Å². The summed E-state index contributed by atoms with van der Waals surface area (Å²) >= 11 is 7.90. The Labute approximate surface area is 89.6 Å². The molecule has 4 heteroatoms. The van der Waals surface area contributed by atoms with Crippen molar-refractivity contribution in [1.29, 1.82) is 0 Å². The molecule has 0 spiro atoms. The fourth-order valence-electron chi connectivity index (χ4n) is 0.960. The third-order valence-electron chi connectivity index (χ3n) is 1.46. The normalized spacial score (nSPS) is 10.0. The highest BCUT2D eigenvalue weighted by Gasteiger charge is 2.07. The smallest absolute Gasteiger partial charge is 0.137 e. The number of aliphatic hydroxyl groups is 1. The molecule has 1 aromatic rings. The van der Waals surface area contributed by atoms with Crippen LogP contribution in [0.4, 0.5) is 0 Å². The van der Waals surface area contributed by atoms with Crippen LogP contribution in [0.5, 0.6) is 5.75 Å². The van der Waals surface area contributed by atoms with Crippen LogP contribution in [0.1, 0.15) is 5.56 Å². The number of hydrogen-bond acceptors (Lipinski definition) is 2. The largest absolute Gasteiger partial charge is 0.495 e. The van der Waals surface area contributed by atoms with E-state index in [1.807, 2.05) is 0 Å². The zero-order valence-electron chi connectivity index (χ0n) is 6.47. The highest BCUT2D eigenvalue weighted by molar-refractivity contribution is 14.1. The molecule has 1 rings (SSSR count). The second kappa shape index (κ2) is 4.30. The quantitative estimate of drug-likeness (QED) is 0.850. The summed E-state index contributed by atoms with van der Waals surface area (Å²) in [4.78, 5) is 0. The van der Waals surface area contributed by atoms with Gasteiger partial charge in [-0.3, -0.25) is 0 Å². The van der Waals surface area contributed by atoms with E-state index in [4.69, 9.17) is 21.4 Å². The standard InChI is InChI=1S/C8H8ClIO2/c1-12-8-5(4-11)2-6(9)3-7(8)10/h2-3,11H,4H2,1H3. The number of halogens is 2. The Bertz CT molecular complexity index is 289. The van der Waals surface area contributed by atoms with Gasteiger partial charge in [0.15, 0.2) is 0 Å². The van der Waals surface area contributed by atoms with Crippen LogP contribution in [-0.2, 0) is 6.61 Å². The molecule has 0 amide bonds. The van der Waals surface area contributed by atoms with Gasteiger partial charge >= 0.3 is 0 Å². The van der Waals surface area contributed by atoms with E-state index in [-0.39, 0.29) is 6.61 Å². The van der Waals surface area contributed by atoms with Gasteiger partial charge in [0.25, 0.3) is 0 Å². The van der Waals surface area contributed by atoms with Crippen molar-refractivity contribution in [2.75, 3.05) is 7.11 Å². The highest BCUT2D eigenvalue weighted by Crippen LogP contribution is 2.29. The van der Waals surface area contributed by atoms with E-state index in [2.05, 4.69) is 22.6 Å². The van der Waals surface area contributed by atoms with Gasteiger partial charge in [0.05, 0.1) is 17.3 Å². The van der Waals surface area contributed by atoms with Gasteiger partial charge in [-0.1, -0.05) is 11.6 Å². The Morgan fingerprint density at radius 3 is 2.75 bits per heavy atom. The van der Waals surface area contributed by atoms with Crippen LogP contribution in [0.3, 0.4) is 0 Å². The topological polar surface area (TPSA) is 29.5 Å². The Hall–Kier alpha value is -0.0000000000000000763. The molecule has 2 nitrogen and oxygen atoms in total. The molecule has 12 heavy (non-hydrogen) atoms. The third-order valence-corrected chi connectivity index (χ3v) is 2.48. The van der Waals surface area contributed by atoms with Crippen molar-refractivity contribution >= 4 is 34.2 Å². The summed E-state index contributed by atoms with van der Waals surface area (Å²) < 4.78 is 6.00. The fraction of sp³-hybridized carbons (Fsp3) is 0.250. The molecule has 0 radical (unpaired) electrons. The minimum absolute atomic E-state index is 0.0558. The molecule has 0 atom stereocenters. The Kier molecular flexibility index (Phi) is 3.61. The molecule has 0 aliphatic heterocycles. The van der Waals surface area contributed by atoms with Crippen molar-refractivity contribution in [2.24, 2.45) is 0 Å². The van der Waals surface area contributed by atoms with Crippen LogP contribution >= 0.6 is 34.2 Å². The number of ether oxygens (including phenoxy) is 1. The van der Waals surface area contributed by atoms with Crippen molar-refractivity contribution in [2.45, 2.75) is 6.61 Å². The lowest BCUT2D eigenvalue weighted by atomic mass is 10.2. The first-order valence-electron chi connectivity index (χ1n) is 3.31. The molecule has 0 saturated heterocycles. The molecule has 1 N–H and O–H groups in total. The molecule has 0 bridgehead atoms. The van der Waals surface area contributed by atoms with Crippen molar-refractivity contribution in [1.82, 2.24) is 0 Å². The average Bonchev–Trinajstić information content (AvgIpc) is 2.03. The van der Waals surface area contributed by atoms with Gasteiger partial charge < -0.3 is 9.84 Å². The Balaban J connectivity index is 3.24. The second-order valence-corrected chi connectivity index (χ2v) is 3.84. The molecule has 66 valence electrons. The first-order chi connectivity index (χ1) is 5.69. The average molecular weight is 299 g/mol. The van der Waals surface area contributed by atoms with Crippen LogP contribution in [0.25, 0.3) is 0 Å². The molecule has 0 saturated carbocycles. The zero-order chi connectivity index (χ0) is 9.14. The zero-order valence-corrected chi connectivity index (χ0v) is 9.39. The first-order valence-corrected chi connectivity index (χ1v) is 4.77. The van der Waals surface area contributed by atoms with Crippen molar-refractivity contribution in [3.8, 4) is 5.75 Å².